The van der Waals surface area contributed by atoms with E-state index in [4.69, 9.17) is 26.6 Å². The van der Waals surface area contributed by atoms with Crippen LogP contribution in [-0.4, -0.2) is 63.3 Å². The number of unbranched alkanes of at least 4 members (excludes halogenated alkanes) is 12. The summed E-state index contributed by atoms with van der Waals surface area (Å²) in [7, 11) is 4.15. The number of fused-ring (bicyclic) bond motifs is 5. The van der Waals surface area contributed by atoms with Crippen molar-refractivity contribution in [1.29, 1.82) is 0 Å². The zero-order chi connectivity index (χ0) is 48.4. The van der Waals surface area contributed by atoms with Crippen LogP contribution in [0.2, 0.25) is 6.32 Å². The van der Waals surface area contributed by atoms with Crippen LogP contribution in [0.25, 0.3) is 0 Å². The highest BCUT2D eigenvalue weighted by Crippen LogP contribution is 2.68. The van der Waals surface area contributed by atoms with E-state index in [2.05, 4.69) is 70.8 Å². The fraction of sp³-hybridized carbons (Fsp3) is 0.914. The van der Waals surface area contributed by atoms with Gasteiger partial charge in [0.1, 0.15) is 6.10 Å². The summed E-state index contributed by atoms with van der Waals surface area (Å²) in [6.07, 6.45) is 50.5. The van der Waals surface area contributed by atoms with Crippen molar-refractivity contribution in [2.75, 3.05) is 32.0 Å². The minimum Gasteiger partial charge on any atom is -0.462 e. The summed E-state index contributed by atoms with van der Waals surface area (Å²) < 4.78 is 19.2. The second kappa shape index (κ2) is 32.2. The van der Waals surface area contributed by atoms with Gasteiger partial charge in [0.25, 0.3) is 0 Å². The van der Waals surface area contributed by atoms with Crippen molar-refractivity contribution in [3.63, 3.8) is 0 Å². The van der Waals surface area contributed by atoms with Gasteiger partial charge in [0, 0.05) is 13.2 Å². The minimum absolute atomic E-state index is 0.0224. The number of allylic oxidation sites excluding steroid dienone is 4. The fourth-order valence-electron chi connectivity index (χ4n) is 12.6. The highest BCUT2D eigenvalue weighted by Gasteiger charge is 2.60. The number of esters is 1. The maximum atomic E-state index is 12.7. The molecule has 0 spiro atoms. The molecular formula is C58H109BO5S. The quantitative estimate of drug-likeness (QED) is 0.0278. The van der Waals surface area contributed by atoms with E-state index < -0.39 is 15.7 Å². The van der Waals surface area contributed by atoms with Crippen LogP contribution in [0.15, 0.2) is 24.3 Å². The third kappa shape index (κ3) is 21.4. The Morgan fingerprint density at radius 1 is 0.754 bits per heavy atom. The van der Waals surface area contributed by atoms with Gasteiger partial charge in [-0.1, -0.05) is 130 Å². The Morgan fingerprint density at radius 3 is 1.98 bits per heavy atom. The summed E-state index contributed by atoms with van der Waals surface area (Å²) in [6.45, 7) is 21.3. The Kier molecular flexibility index (Phi) is 29.9. The lowest BCUT2D eigenvalue weighted by atomic mass is 9.44. The molecule has 0 aliphatic heterocycles. The summed E-state index contributed by atoms with van der Waals surface area (Å²) in [5, 5.41) is 8.33. The first kappa shape index (κ1) is 60.4. The standard InChI is InChI=1S/C50H90O4S.C6H13BO.C2H6/c1-11-12-13-14-15-16-17-18-19-20-21-22-23-24-25-26-37-52-46(54-55(8,9)10)32-27-39(2)43-30-31-44-42-29-28-40-38-41(53-47(51)48(3,4)5)33-35-49(40,6)45(42)34-36-50(43,44)7;7-5-3-1-2-4-6-8;1-2/h15-16,18-19,39-46H,11-14,17,20-38H2,1-10H3;8H,1-6H2;1-2H3/b16-15-,19-18-;;/t39-,40?,41-,42?,43?,44?,45?,46?,49+,50?;;/m1../s1. The molecule has 65 heavy (non-hydrogen) atoms. The van der Waals surface area contributed by atoms with E-state index >= 15 is 0 Å². The normalized spacial score (nSPS) is 28.9. The highest BCUT2D eigenvalue weighted by molar-refractivity contribution is 8.28. The van der Waals surface area contributed by atoms with Gasteiger partial charge in [0.2, 0.25) is 0 Å². The van der Waals surface area contributed by atoms with Gasteiger partial charge < -0.3 is 18.8 Å². The van der Waals surface area contributed by atoms with Crippen molar-refractivity contribution in [2.45, 2.75) is 254 Å². The molecule has 1 N–H and O–H groups in total. The van der Waals surface area contributed by atoms with Crippen LogP contribution in [0, 0.1) is 51.8 Å². The summed E-state index contributed by atoms with van der Waals surface area (Å²) >= 11 is 0. The SMILES string of the molecule is CC.CCCCC/C=C\C/C=C\CCCCCCCCOC(CC[C@@H](C)C1CCC2C3CCC4C[C@H](OC(=O)C(C)(C)C)CC[C@]4(C)C3CCC21C)OS(C)(C)C.[B]CCCCCCO. The molecule has 4 fully saturated rings. The highest BCUT2D eigenvalue weighted by atomic mass is 32.3. The van der Waals surface area contributed by atoms with Crippen molar-refractivity contribution in [3.05, 3.63) is 24.3 Å². The number of carbonyl (C=O) groups excluding carboxylic acids is 1. The summed E-state index contributed by atoms with van der Waals surface area (Å²) in [4.78, 5) is 12.7. The number of aliphatic hydroxyl groups excluding tert-OH is 1. The molecule has 0 amide bonds. The largest absolute Gasteiger partial charge is 0.462 e. The van der Waals surface area contributed by atoms with Crippen LogP contribution < -0.4 is 0 Å². The molecular weight excluding hydrogens is 820 g/mol. The van der Waals surface area contributed by atoms with E-state index in [1.807, 2.05) is 34.6 Å². The minimum atomic E-state index is -1.10. The summed E-state index contributed by atoms with van der Waals surface area (Å²) in [5.74, 6) is 4.80. The molecule has 380 valence electrons. The van der Waals surface area contributed by atoms with E-state index in [1.54, 1.807) is 0 Å². The number of hydrogen-bond acceptors (Lipinski definition) is 5. The molecule has 4 aliphatic carbocycles. The molecule has 4 aliphatic rings. The van der Waals surface area contributed by atoms with Crippen LogP contribution >= 0.6 is 10.3 Å². The topological polar surface area (TPSA) is 65.0 Å². The Hall–Kier alpha value is -0.755. The van der Waals surface area contributed by atoms with Gasteiger partial charge in [0.05, 0.1) is 13.3 Å². The smallest absolute Gasteiger partial charge is 0.311 e. The van der Waals surface area contributed by atoms with Crippen LogP contribution in [0.1, 0.15) is 236 Å². The first-order valence-electron chi connectivity index (χ1n) is 27.8. The predicted molar refractivity (Wildman–Crippen MR) is 286 cm³/mol. The molecule has 5 nitrogen and oxygen atoms in total. The molecule has 7 unspecified atom stereocenters. The van der Waals surface area contributed by atoms with Crippen LogP contribution in [0.3, 0.4) is 0 Å². The van der Waals surface area contributed by atoms with Gasteiger partial charge in [-0.3, -0.25) is 4.79 Å². The van der Waals surface area contributed by atoms with E-state index in [0.717, 1.165) is 94.4 Å². The second-order valence-corrected chi connectivity index (χ2v) is 26.8. The maximum absolute atomic E-state index is 12.7. The first-order valence-corrected chi connectivity index (χ1v) is 30.6. The first-order chi connectivity index (χ1) is 31.0. The third-order valence-corrected chi connectivity index (χ3v) is 17.1. The van der Waals surface area contributed by atoms with Crippen LogP contribution in [-0.2, 0) is 18.5 Å². The van der Waals surface area contributed by atoms with E-state index in [1.165, 1.54) is 116 Å². The Bertz CT molecular complexity index is 1280. The van der Waals surface area contributed by atoms with Gasteiger partial charge in [-0.2, -0.15) is 0 Å². The van der Waals surface area contributed by atoms with Gasteiger partial charge in [0.15, 0.2) is 6.29 Å². The van der Waals surface area contributed by atoms with Crippen molar-refractivity contribution < 1.29 is 23.6 Å². The van der Waals surface area contributed by atoms with Crippen LogP contribution in [0.5, 0.6) is 0 Å². The summed E-state index contributed by atoms with van der Waals surface area (Å²) in [6, 6.07) is 0. The van der Waals surface area contributed by atoms with Gasteiger partial charge in [-0.15, -0.1) is 10.3 Å². The fourth-order valence-corrected chi connectivity index (χ4v) is 13.4. The number of ether oxygens (including phenoxy) is 2. The molecule has 0 aromatic carbocycles. The number of rotatable bonds is 28. The molecule has 0 aromatic rings. The molecule has 4 saturated carbocycles. The Morgan fingerprint density at radius 2 is 1.35 bits per heavy atom. The molecule has 0 saturated heterocycles. The summed E-state index contributed by atoms with van der Waals surface area (Å²) in [5.41, 5.74) is 0.467. The third-order valence-electron chi connectivity index (χ3n) is 16.3. The van der Waals surface area contributed by atoms with Crippen molar-refractivity contribution in [3.8, 4) is 0 Å². The zero-order valence-corrected chi connectivity index (χ0v) is 46.0. The predicted octanol–water partition coefficient (Wildman–Crippen LogP) is 17.0. The lowest BCUT2D eigenvalue weighted by molar-refractivity contribution is -0.170. The van der Waals surface area contributed by atoms with Crippen molar-refractivity contribution in [2.24, 2.45) is 51.8 Å². The van der Waals surface area contributed by atoms with E-state index in [9.17, 15) is 4.79 Å². The average molecular weight is 929 g/mol. The molecule has 10 atom stereocenters. The average Bonchev–Trinajstić information content (AvgIpc) is 3.63. The Balaban J connectivity index is 0.00000131. The van der Waals surface area contributed by atoms with Crippen molar-refractivity contribution in [1.82, 2.24) is 0 Å². The molecule has 0 bridgehead atoms. The molecule has 0 aromatic heterocycles. The van der Waals surface area contributed by atoms with E-state index in [0.29, 0.717) is 29.3 Å². The Labute approximate surface area is 408 Å². The lowest BCUT2D eigenvalue weighted by Gasteiger charge is -2.61. The van der Waals surface area contributed by atoms with Gasteiger partial charge in [-0.25, -0.2) is 0 Å². The molecule has 0 heterocycles. The number of aliphatic hydroxyl groups is 1. The zero-order valence-electron chi connectivity index (χ0n) is 45.2. The molecule has 7 heteroatoms. The second-order valence-electron chi connectivity index (χ2n) is 23.1. The van der Waals surface area contributed by atoms with E-state index in [-0.39, 0.29) is 18.4 Å². The number of hydrogen-bond donors (Lipinski definition) is 1. The molecule has 2 radical (unpaired) electrons. The lowest BCUT2D eigenvalue weighted by Crippen LogP contribution is -2.54. The van der Waals surface area contributed by atoms with Crippen LogP contribution in [0.4, 0.5) is 0 Å². The van der Waals surface area contributed by atoms with Crippen molar-refractivity contribution >= 4 is 24.1 Å². The maximum Gasteiger partial charge on any atom is 0.311 e. The van der Waals surface area contributed by atoms with Gasteiger partial charge in [-0.05, 0) is 201 Å². The monoisotopic (exact) mass is 929 g/mol. The number of carbonyl (C=O) groups is 1. The molecule has 4 rings (SSSR count). The van der Waals surface area contributed by atoms with Gasteiger partial charge >= 0.3 is 5.97 Å².